The van der Waals surface area contributed by atoms with Crippen molar-refractivity contribution in [2.24, 2.45) is 0 Å². The molecule has 0 unspecified atom stereocenters. The number of esters is 1. The molecule has 2 N–H and O–H groups in total. The van der Waals surface area contributed by atoms with E-state index in [4.69, 9.17) is 9.47 Å². The first-order chi connectivity index (χ1) is 17.8. The highest BCUT2D eigenvalue weighted by Crippen LogP contribution is 2.16. The molecule has 37 heavy (non-hydrogen) atoms. The second-order valence-corrected chi connectivity index (χ2v) is 9.73. The molecule has 0 bridgehead atoms. The SMILES string of the molecule is CC(C)N[C@@H](Cc1ccccc1)C(=O)N[C@@H](Cc1ccc(OC(C)C)cc1)C(=O)OCc1ccccc1. The second kappa shape index (κ2) is 14.2. The molecule has 196 valence electrons. The largest absolute Gasteiger partial charge is 0.491 e. The summed E-state index contributed by atoms with van der Waals surface area (Å²) in [5.74, 6) is 0.0525. The van der Waals surface area contributed by atoms with E-state index in [2.05, 4.69) is 10.6 Å². The van der Waals surface area contributed by atoms with Gasteiger partial charge in [-0.2, -0.15) is 0 Å². The van der Waals surface area contributed by atoms with Crippen LogP contribution < -0.4 is 15.4 Å². The summed E-state index contributed by atoms with van der Waals surface area (Å²) >= 11 is 0. The van der Waals surface area contributed by atoms with Crippen LogP contribution in [0.1, 0.15) is 44.4 Å². The maximum atomic E-state index is 13.4. The molecule has 0 aliphatic rings. The van der Waals surface area contributed by atoms with Crippen LogP contribution in [0.15, 0.2) is 84.9 Å². The minimum atomic E-state index is -0.833. The summed E-state index contributed by atoms with van der Waals surface area (Å²) in [6.07, 6.45) is 0.889. The average Bonchev–Trinajstić information content (AvgIpc) is 2.88. The fraction of sp³-hybridized carbons (Fsp3) is 0.355. The number of hydrogen-bond donors (Lipinski definition) is 2. The van der Waals surface area contributed by atoms with E-state index in [1.807, 2.05) is 113 Å². The minimum absolute atomic E-state index is 0.0702. The van der Waals surface area contributed by atoms with E-state index in [9.17, 15) is 9.59 Å². The zero-order valence-electron chi connectivity index (χ0n) is 22.1. The molecule has 1 amide bonds. The van der Waals surface area contributed by atoms with Gasteiger partial charge in [-0.1, -0.05) is 86.6 Å². The van der Waals surface area contributed by atoms with E-state index in [1.54, 1.807) is 0 Å². The van der Waals surface area contributed by atoms with Crippen LogP contribution in [0.25, 0.3) is 0 Å². The van der Waals surface area contributed by atoms with Crippen molar-refractivity contribution in [2.75, 3.05) is 0 Å². The molecule has 0 aliphatic heterocycles. The normalized spacial score (nSPS) is 12.7. The lowest BCUT2D eigenvalue weighted by atomic mass is 10.0. The third-order valence-corrected chi connectivity index (χ3v) is 5.69. The molecule has 0 saturated heterocycles. The molecule has 3 aromatic rings. The molecule has 3 rings (SSSR count). The van der Waals surface area contributed by atoms with E-state index in [-0.39, 0.29) is 24.7 Å². The smallest absolute Gasteiger partial charge is 0.329 e. The van der Waals surface area contributed by atoms with Gasteiger partial charge in [0.1, 0.15) is 18.4 Å². The highest BCUT2D eigenvalue weighted by atomic mass is 16.5. The van der Waals surface area contributed by atoms with Gasteiger partial charge in [0.2, 0.25) is 5.91 Å². The highest BCUT2D eigenvalue weighted by molar-refractivity contribution is 5.88. The van der Waals surface area contributed by atoms with E-state index >= 15 is 0 Å². The summed E-state index contributed by atoms with van der Waals surface area (Å²) in [6.45, 7) is 8.08. The Bertz CT molecular complexity index is 1100. The maximum absolute atomic E-state index is 13.4. The number of carbonyl (C=O) groups excluding carboxylic acids is 2. The van der Waals surface area contributed by atoms with Gasteiger partial charge in [-0.3, -0.25) is 4.79 Å². The molecule has 0 heterocycles. The third kappa shape index (κ3) is 9.73. The maximum Gasteiger partial charge on any atom is 0.329 e. The number of hydrogen-bond acceptors (Lipinski definition) is 5. The van der Waals surface area contributed by atoms with E-state index in [0.29, 0.717) is 12.8 Å². The number of amides is 1. The van der Waals surface area contributed by atoms with Crippen molar-refractivity contribution in [3.05, 3.63) is 102 Å². The first kappa shape index (κ1) is 27.9. The minimum Gasteiger partial charge on any atom is -0.491 e. The number of benzene rings is 3. The molecule has 6 heteroatoms. The number of ether oxygens (including phenoxy) is 2. The Balaban J connectivity index is 1.75. The summed E-state index contributed by atoms with van der Waals surface area (Å²) in [6, 6.07) is 25.7. The predicted molar refractivity (Wildman–Crippen MR) is 146 cm³/mol. The summed E-state index contributed by atoms with van der Waals surface area (Å²) in [5, 5.41) is 6.31. The summed E-state index contributed by atoms with van der Waals surface area (Å²) in [5.41, 5.74) is 2.83. The molecule has 0 saturated carbocycles. The van der Waals surface area contributed by atoms with Gasteiger partial charge in [0.05, 0.1) is 12.1 Å². The van der Waals surface area contributed by atoms with Gasteiger partial charge in [0.15, 0.2) is 0 Å². The van der Waals surface area contributed by atoms with Gasteiger partial charge < -0.3 is 20.1 Å². The van der Waals surface area contributed by atoms with Gasteiger partial charge in [-0.05, 0) is 49.1 Å². The Hall–Kier alpha value is -3.64. The van der Waals surface area contributed by atoms with Crippen LogP contribution in [0.3, 0.4) is 0 Å². The van der Waals surface area contributed by atoms with Crippen molar-refractivity contribution in [3.63, 3.8) is 0 Å². The quantitative estimate of drug-likeness (QED) is 0.327. The van der Waals surface area contributed by atoms with Crippen LogP contribution in [0, 0.1) is 0 Å². The first-order valence-electron chi connectivity index (χ1n) is 12.9. The van der Waals surface area contributed by atoms with Crippen LogP contribution in [0.5, 0.6) is 5.75 Å². The Labute approximate surface area is 220 Å². The molecule has 0 aliphatic carbocycles. The molecule has 0 radical (unpaired) electrons. The topological polar surface area (TPSA) is 76.7 Å². The van der Waals surface area contributed by atoms with Gasteiger partial charge in [0.25, 0.3) is 0 Å². The molecule has 0 spiro atoms. The van der Waals surface area contributed by atoms with E-state index in [0.717, 1.165) is 22.4 Å². The molecule has 3 aromatic carbocycles. The lowest BCUT2D eigenvalue weighted by Crippen LogP contribution is -2.53. The first-order valence-corrected chi connectivity index (χ1v) is 12.9. The van der Waals surface area contributed by atoms with Crippen molar-refractivity contribution >= 4 is 11.9 Å². The lowest BCUT2D eigenvalue weighted by molar-refractivity contribution is -0.149. The summed E-state index contributed by atoms with van der Waals surface area (Å²) in [4.78, 5) is 26.6. The molecular weight excluding hydrogens is 464 g/mol. The van der Waals surface area contributed by atoms with E-state index < -0.39 is 18.1 Å². The second-order valence-electron chi connectivity index (χ2n) is 9.73. The van der Waals surface area contributed by atoms with Crippen molar-refractivity contribution in [2.45, 2.75) is 71.4 Å². The van der Waals surface area contributed by atoms with Crippen molar-refractivity contribution in [1.82, 2.24) is 10.6 Å². The van der Waals surface area contributed by atoms with Crippen molar-refractivity contribution < 1.29 is 19.1 Å². The summed E-state index contributed by atoms with van der Waals surface area (Å²) in [7, 11) is 0. The zero-order valence-corrected chi connectivity index (χ0v) is 22.1. The number of rotatable bonds is 13. The monoisotopic (exact) mass is 502 g/mol. The van der Waals surface area contributed by atoms with Crippen LogP contribution in [0.4, 0.5) is 0 Å². The van der Waals surface area contributed by atoms with Gasteiger partial charge in [-0.15, -0.1) is 0 Å². The van der Waals surface area contributed by atoms with Gasteiger partial charge in [-0.25, -0.2) is 4.79 Å². The third-order valence-electron chi connectivity index (χ3n) is 5.69. The van der Waals surface area contributed by atoms with Crippen LogP contribution in [0.2, 0.25) is 0 Å². The molecule has 2 atom stereocenters. The Morgan fingerprint density at radius 1 is 0.703 bits per heavy atom. The number of carbonyl (C=O) groups is 2. The zero-order chi connectivity index (χ0) is 26.6. The Morgan fingerprint density at radius 3 is 1.81 bits per heavy atom. The number of nitrogens with one attached hydrogen (secondary N) is 2. The van der Waals surface area contributed by atoms with Crippen LogP contribution in [-0.2, 0) is 33.8 Å². The molecule has 6 nitrogen and oxygen atoms in total. The predicted octanol–water partition coefficient (Wildman–Crippen LogP) is 4.85. The lowest BCUT2D eigenvalue weighted by Gasteiger charge is -2.24. The van der Waals surface area contributed by atoms with Gasteiger partial charge in [0, 0.05) is 12.5 Å². The van der Waals surface area contributed by atoms with Crippen LogP contribution in [-0.4, -0.2) is 36.1 Å². The standard InChI is InChI=1S/C31H38N2O4/c1-22(2)32-28(19-24-11-7-5-8-12-24)30(34)33-29(31(35)36-21-26-13-9-6-10-14-26)20-25-15-17-27(18-16-25)37-23(3)4/h5-18,22-23,28-29,32H,19-21H2,1-4H3,(H,33,34)/t28-,29-/m0/s1. The average molecular weight is 503 g/mol. The Kier molecular flexibility index (Phi) is 10.7. The molecule has 0 fully saturated rings. The summed E-state index contributed by atoms with van der Waals surface area (Å²) < 4.78 is 11.3. The van der Waals surface area contributed by atoms with Crippen molar-refractivity contribution in [3.8, 4) is 5.75 Å². The fourth-order valence-corrected chi connectivity index (χ4v) is 3.99. The highest BCUT2D eigenvalue weighted by Gasteiger charge is 2.27. The molecular formula is C31H38N2O4. The Morgan fingerprint density at radius 2 is 1.24 bits per heavy atom. The van der Waals surface area contributed by atoms with E-state index in [1.165, 1.54) is 0 Å². The van der Waals surface area contributed by atoms with Crippen LogP contribution >= 0.6 is 0 Å². The fourth-order valence-electron chi connectivity index (χ4n) is 3.99. The van der Waals surface area contributed by atoms with Crippen molar-refractivity contribution in [1.29, 1.82) is 0 Å². The van der Waals surface area contributed by atoms with Gasteiger partial charge >= 0.3 is 5.97 Å². The molecule has 0 aromatic heterocycles.